The minimum Gasteiger partial charge on any atom is -0.495 e. The molecular weight excluding hydrogens is 330 g/mol. The van der Waals surface area contributed by atoms with E-state index in [9.17, 15) is 4.79 Å². The Bertz CT molecular complexity index is 528. The third-order valence-corrected chi connectivity index (χ3v) is 4.82. The molecule has 0 N–H and O–H groups in total. The number of methoxy groups -OCH3 is 1. The van der Waals surface area contributed by atoms with Crippen molar-refractivity contribution in [3.63, 3.8) is 0 Å². The van der Waals surface area contributed by atoms with Crippen LogP contribution in [0.25, 0.3) is 0 Å². The maximum absolute atomic E-state index is 12.9. The summed E-state index contributed by atoms with van der Waals surface area (Å²) in [6.45, 7) is 7.23. The first-order valence-electron chi connectivity index (χ1n) is 7.64. The number of carbonyl (C=O) groups is 1. The van der Waals surface area contributed by atoms with Gasteiger partial charge in [0.1, 0.15) is 5.75 Å². The highest BCUT2D eigenvalue weighted by Crippen LogP contribution is 2.34. The molecule has 0 aliphatic carbocycles. The maximum Gasteiger partial charge on any atom is 0.257 e. The van der Waals surface area contributed by atoms with Crippen molar-refractivity contribution in [1.82, 2.24) is 4.90 Å². The van der Waals surface area contributed by atoms with Crippen molar-refractivity contribution in [3.8, 4) is 5.75 Å². The van der Waals surface area contributed by atoms with Gasteiger partial charge in [0.15, 0.2) is 0 Å². The number of ether oxygens (including phenoxy) is 1. The minimum absolute atomic E-state index is 0.0854. The predicted octanol–water partition coefficient (Wildman–Crippen LogP) is 4.60. The molecule has 3 nitrogen and oxygen atoms in total. The number of rotatable bonds is 3. The van der Waals surface area contributed by atoms with Gasteiger partial charge in [-0.05, 0) is 65.7 Å². The Labute approximate surface area is 135 Å². The van der Waals surface area contributed by atoms with Crippen molar-refractivity contribution in [2.45, 2.75) is 52.0 Å². The van der Waals surface area contributed by atoms with Crippen LogP contribution in [-0.2, 0) is 0 Å². The van der Waals surface area contributed by atoms with Crippen molar-refractivity contribution in [2.24, 2.45) is 0 Å². The van der Waals surface area contributed by atoms with Crippen molar-refractivity contribution in [2.75, 3.05) is 13.7 Å². The number of carbonyl (C=O) groups excluding carboxylic acids is 1. The fourth-order valence-corrected chi connectivity index (χ4v) is 3.51. The van der Waals surface area contributed by atoms with Crippen molar-refractivity contribution in [1.29, 1.82) is 0 Å². The van der Waals surface area contributed by atoms with E-state index in [2.05, 4.69) is 36.7 Å². The zero-order chi connectivity index (χ0) is 15.6. The van der Waals surface area contributed by atoms with Gasteiger partial charge in [-0.3, -0.25) is 4.79 Å². The summed E-state index contributed by atoms with van der Waals surface area (Å²) in [4.78, 5) is 14.9. The summed E-state index contributed by atoms with van der Waals surface area (Å²) in [7, 11) is 1.62. The minimum atomic E-state index is 0.0854. The first-order chi connectivity index (χ1) is 9.95. The Morgan fingerprint density at radius 2 is 2.10 bits per heavy atom. The average Bonchev–Trinajstić information content (AvgIpc) is 2.46. The first kappa shape index (κ1) is 16.3. The molecule has 1 aliphatic heterocycles. The molecule has 1 atom stereocenters. The van der Waals surface area contributed by atoms with Crippen LogP contribution >= 0.6 is 15.9 Å². The van der Waals surface area contributed by atoms with E-state index in [-0.39, 0.29) is 5.91 Å². The van der Waals surface area contributed by atoms with Gasteiger partial charge >= 0.3 is 0 Å². The molecule has 1 heterocycles. The van der Waals surface area contributed by atoms with E-state index >= 15 is 0 Å². The van der Waals surface area contributed by atoms with Gasteiger partial charge in [-0.2, -0.15) is 0 Å². The summed E-state index contributed by atoms with van der Waals surface area (Å²) < 4.78 is 6.31. The smallest absolute Gasteiger partial charge is 0.257 e. The van der Waals surface area contributed by atoms with E-state index in [4.69, 9.17) is 4.74 Å². The third kappa shape index (κ3) is 3.42. The molecule has 21 heavy (non-hydrogen) atoms. The average molecular weight is 354 g/mol. The molecular formula is C17H24BrNO2. The fraction of sp³-hybridized carbons (Fsp3) is 0.588. The molecule has 0 spiro atoms. The van der Waals surface area contributed by atoms with Crippen LogP contribution in [0, 0.1) is 0 Å². The van der Waals surface area contributed by atoms with Crippen LogP contribution in [0.2, 0.25) is 0 Å². The van der Waals surface area contributed by atoms with E-state index < -0.39 is 0 Å². The SMILES string of the molecule is COc1c(Br)cc(C(C)C)cc1C(=O)N1CCCC[C@H]1C. The highest BCUT2D eigenvalue weighted by Gasteiger charge is 2.27. The van der Waals surface area contributed by atoms with Crippen LogP contribution in [0.4, 0.5) is 0 Å². The van der Waals surface area contributed by atoms with E-state index in [1.165, 1.54) is 6.42 Å². The zero-order valence-electron chi connectivity index (χ0n) is 13.3. The van der Waals surface area contributed by atoms with E-state index in [1.807, 2.05) is 17.0 Å². The highest BCUT2D eigenvalue weighted by molar-refractivity contribution is 9.10. The second kappa shape index (κ2) is 6.82. The number of nitrogens with zero attached hydrogens (tertiary/aromatic N) is 1. The van der Waals surface area contributed by atoms with Crippen LogP contribution in [-0.4, -0.2) is 30.5 Å². The standard InChI is InChI=1S/C17H24BrNO2/c1-11(2)13-9-14(16(21-4)15(18)10-13)17(20)19-8-6-5-7-12(19)3/h9-12H,5-8H2,1-4H3/t12-/m1/s1. The molecule has 1 aliphatic rings. The van der Waals surface area contributed by atoms with Gasteiger partial charge in [0.2, 0.25) is 0 Å². The summed E-state index contributed by atoms with van der Waals surface area (Å²) >= 11 is 3.54. The Balaban J connectivity index is 2.43. The lowest BCUT2D eigenvalue weighted by Gasteiger charge is -2.34. The predicted molar refractivity (Wildman–Crippen MR) is 89.1 cm³/mol. The topological polar surface area (TPSA) is 29.5 Å². The molecule has 1 amide bonds. The Morgan fingerprint density at radius 3 is 2.67 bits per heavy atom. The van der Waals surface area contributed by atoms with Gasteiger partial charge < -0.3 is 9.64 Å². The Hall–Kier alpha value is -1.03. The fourth-order valence-electron chi connectivity index (χ4n) is 2.87. The molecule has 0 bridgehead atoms. The van der Waals surface area contributed by atoms with Crippen LogP contribution < -0.4 is 4.74 Å². The maximum atomic E-state index is 12.9. The lowest BCUT2D eigenvalue weighted by molar-refractivity contribution is 0.0632. The Kier molecular flexibility index (Phi) is 5.31. The van der Waals surface area contributed by atoms with E-state index in [0.717, 1.165) is 29.4 Å². The third-order valence-electron chi connectivity index (χ3n) is 4.23. The van der Waals surface area contributed by atoms with Crippen molar-refractivity contribution >= 4 is 21.8 Å². The molecule has 1 saturated heterocycles. The summed E-state index contributed by atoms with van der Waals surface area (Å²) in [6, 6.07) is 4.33. The lowest BCUT2D eigenvalue weighted by atomic mass is 9.98. The van der Waals surface area contributed by atoms with Crippen LogP contribution in [0.3, 0.4) is 0 Å². The van der Waals surface area contributed by atoms with Crippen molar-refractivity contribution < 1.29 is 9.53 Å². The molecule has 1 aromatic carbocycles. The van der Waals surface area contributed by atoms with Gasteiger partial charge in [0.05, 0.1) is 17.1 Å². The second-order valence-electron chi connectivity index (χ2n) is 6.08. The number of hydrogen-bond acceptors (Lipinski definition) is 2. The number of benzene rings is 1. The second-order valence-corrected chi connectivity index (χ2v) is 6.94. The Morgan fingerprint density at radius 1 is 1.38 bits per heavy atom. The van der Waals surface area contributed by atoms with E-state index in [1.54, 1.807) is 7.11 Å². The quantitative estimate of drug-likeness (QED) is 0.794. The summed E-state index contributed by atoms with van der Waals surface area (Å²) in [5.74, 6) is 1.10. The monoisotopic (exact) mass is 353 g/mol. The molecule has 1 fully saturated rings. The molecule has 0 saturated carbocycles. The molecule has 2 rings (SSSR count). The molecule has 1 aromatic rings. The largest absolute Gasteiger partial charge is 0.495 e. The van der Waals surface area contributed by atoms with Gasteiger partial charge in [0, 0.05) is 12.6 Å². The molecule has 0 aromatic heterocycles. The van der Waals surface area contributed by atoms with E-state index in [0.29, 0.717) is 23.3 Å². The van der Waals surface area contributed by atoms with Crippen LogP contribution in [0.5, 0.6) is 5.75 Å². The zero-order valence-corrected chi connectivity index (χ0v) is 14.9. The number of hydrogen-bond donors (Lipinski definition) is 0. The summed E-state index contributed by atoms with van der Waals surface area (Å²) in [5.41, 5.74) is 1.82. The van der Waals surface area contributed by atoms with Crippen LogP contribution in [0.1, 0.15) is 61.9 Å². The summed E-state index contributed by atoms with van der Waals surface area (Å²) in [6.07, 6.45) is 3.38. The molecule has 4 heteroatoms. The van der Waals surface area contributed by atoms with Gasteiger partial charge in [-0.15, -0.1) is 0 Å². The lowest BCUT2D eigenvalue weighted by Crippen LogP contribution is -2.42. The molecule has 0 radical (unpaired) electrons. The number of likely N-dealkylation sites (tertiary alicyclic amines) is 1. The van der Waals surface area contributed by atoms with Crippen LogP contribution in [0.15, 0.2) is 16.6 Å². The van der Waals surface area contributed by atoms with Gasteiger partial charge in [0.25, 0.3) is 5.91 Å². The highest BCUT2D eigenvalue weighted by atomic mass is 79.9. The first-order valence-corrected chi connectivity index (χ1v) is 8.43. The van der Waals surface area contributed by atoms with Gasteiger partial charge in [-0.1, -0.05) is 13.8 Å². The number of halogens is 1. The normalized spacial score (nSPS) is 19.0. The van der Waals surface area contributed by atoms with Crippen molar-refractivity contribution in [3.05, 3.63) is 27.7 Å². The van der Waals surface area contributed by atoms with Gasteiger partial charge in [-0.25, -0.2) is 0 Å². The number of amides is 1. The summed E-state index contributed by atoms with van der Waals surface area (Å²) in [5, 5.41) is 0. The number of piperidine rings is 1. The molecule has 0 unspecified atom stereocenters. The molecule has 116 valence electrons.